The molecule has 0 spiro atoms. The minimum atomic E-state index is -0.203. The fourth-order valence-corrected chi connectivity index (χ4v) is 3.79. The fraction of sp³-hybridized carbons (Fsp3) is 0.238. The van der Waals surface area contributed by atoms with E-state index in [2.05, 4.69) is 27.4 Å². The van der Waals surface area contributed by atoms with E-state index in [4.69, 9.17) is 13.5 Å². The summed E-state index contributed by atoms with van der Waals surface area (Å²) in [7, 11) is 0. The minimum absolute atomic E-state index is 0.0523. The van der Waals surface area contributed by atoms with Gasteiger partial charge in [-0.1, -0.05) is 40.6 Å². The van der Waals surface area contributed by atoms with Crippen molar-refractivity contribution in [3.05, 3.63) is 77.8 Å². The van der Waals surface area contributed by atoms with Crippen molar-refractivity contribution in [2.75, 3.05) is 13.1 Å². The van der Waals surface area contributed by atoms with Crippen LogP contribution in [-0.4, -0.2) is 39.2 Å². The molecule has 4 aromatic rings. The molecule has 0 aliphatic carbocycles. The number of carbonyl (C=O) groups is 1. The number of rotatable bonds is 4. The van der Waals surface area contributed by atoms with E-state index in [0.29, 0.717) is 36.3 Å². The molecule has 4 heterocycles. The zero-order valence-corrected chi connectivity index (χ0v) is 15.7. The molecule has 5 rings (SSSR count). The van der Waals surface area contributed by atoms with Crippen molar-refractivity contribution in [2.24, 2.45) is 0 Å². The van der Waals surface area contributed by atoms with Crippen LogP contribution in [0.4, 0.5) is 0 Å². The van der Waals surface area contributed by atoms with Crippen molar-refractivity contribution in [2.45, 2.75) is 18.8 Å². The fourth-order valence-electron chi connectivity index (χ4n) is 3.79. The number of nitrogens with zero attached hydrogens (tertiary/aromatic N) is 4. The van der Waals surface area contributed by atoms with Gasteiger partial charge in [-0.05, 0) is 24.6 Å². The number of hydrogen-bond acceptors (Lipinski definition) is 7. The van der Waals surface area contributed by atoms with Gasteiger partial charge in [-0.2, -0.15) is 4.98 Å². The van der Waals surface area contributed by atoms with Gasteiger partial charge in [0.2, 0.25) is 11.7 Å². The Morgan fingerprint density at radius 1 is 1.00 bits per heavy atom. The smallest absolute Gasteiger partial charge is 0.276 e. The van der Waals surface area contributed by atoms with E-state index in [1.807, 2.05) is 18.2 Å². The van der Waals surface area contributed by atoms with Gasteiger partial charge in [0.15, 0.2) is 17.3 Å². The molecule has 1 aliphatic rings. The Bertz CT molecular complexity index is 1120. The van der Waals surface area contributed by atoms with Crippen molar-refractivity contribution in [1.29, 1.82) is 0 Å². The van der Waals surface area contributed by atoms with Gasteiger partial charge in [0.1, 0.15) is 0 Å². The third-order valence-electron chi connectivity index (χ3n) is 5.19. The average molecular weight is 390 g/mol. The number of aryl methyl sites for hydroxylation is 1. The van der Waals surface area contributed by atoms with Gasteiger partial charge in [-0.3, -0.25) is 4.79 Å². The Balaban J connectivity index is 1.43. The highest BCUT2D eigenvalue weighted by Gasteiger charge is 2.41. The van der Waals surface area contributed by atoms with Crippen LogP contribution in [0.2, 0.25) is 0 Å². The molecule has 1 amide bonds. The van der Waals surface area contributed by atoms with Gasteiger partial charge in [0, 0.05) is 25.1 Å². The second kappa shape index (κ2) is 7.05. The molecule has 0 N–H and O–H groups in total. The Hall–Kier alpha value is -3.68. The molecule has 2 atom stereocenters. The molecule has 3 aromatic heterocycles. The Labute approximate surface area is 166 Å². The van der Waals surface area contributed by atoms with Crippen LogP contribution >= 0.6 is 0 Å². The second-order valence-corrected chi connectivity index (χ2v) is 7.07. The second-order valence-electron chi connectivity index (χ2n) is 7.07. The molecule has 8 nitrogen and oxygen atoms in total. The Morgan fingerprint density at radius 3 is 2.55 bits per heavy atom. The molecule has 29 heavy (non-hydrogen) atoms. The molecule has 1 fully saturated rings. The number of amides is 1. The van der Waals surface area contributed by atoms with E-state index < -0.39 is 0 Å². The summed E-state index contributed by atoms with van der Waals surface area (Å²) >= 11 is 0. The first-order valence-electron chi connectivity index (χ1n) is 9.34. The molecule has 0 radical (unpaired) electrons. The number of benzene rings is 1. The molecule has 146 valence electrons. The molecule has 1 aliphatic heterocycles. The van der Waals surface area contributed by atoms with Crippen LogP contribution in [0.3, 0.4) is 0 Å². The van der Waals surface area contributed by atoms with Gasteiger partial charge in [0.25, 0.3) is 5.91 Å². The van der Waals surface area contributed by atoms with E-state index in [0.717, 1.165) is 5.56 Å². The standard InChI is InChI=1S/C21H18N4O4/c1-13-22-20(29-23-13)16-12-25(11-15(16)14-6-3-2-4-7-14)21(26)17-10-19(28-24-17)18-8-5-9-27-18/h2-10,15-16H,11-12H2,1H3. The maximum atomic E-state index is 13.1. The van der Waals surface area contributed by atoms with Crippen molar-refractivity contribution in [1.82, 2.24) is 20.2 Å². The van der Waals surface area contributed by atoms with Crippen LogP contribution in [0.25, 0.3) is 11.5 Å². The van der Waals surface area contributed by atoms with Crippen LogP contribution < -0.4 is 0 Å². The third-order valence-corrected chi connectivity index (χ3v) is 5.19. The maximum Gasteiger partial charge on any atom is 0.276 e. The molecule has 0 saturated carbocycles. The van der Waals surface area contributed by atoms with E-state index in [-0.39, 0.29) is 23.4 Å². The molecular weight excluding hydrogens is 372 g/mol. The van der Waals surface area contributed by atoms with Gasteiger partial charge >= 0.3 is 0 Å². The lowest BCUT2D eigenvalue weighted by Gasteiger charge is -2.15. The lowest BCUT2D eigenvalue weighted by molar-refractivity contribution is 0.0778. The van der Waals surface area contributed by atoms with Gasteiger partial charge in [0.05, 0.1) is 12.2 Å². The first-order chi connectivity index (χ1) is 14.2. The van der Waals surface area contributed by atoms with E-state index in [1.165, 1.54) is 0 Å². The highest BCUT2D eigenvalue weighted by atomic mass is 16.5. The van der Waals surface area contributed by atoms with Crippen molar-refractivity contribution < 1.29 is 18.3 Å². The lowest BCUT2D eigenvalue weighted by Crippen LogP contribution is -2.29. The van der Waals surface area contributed by atoms with E-state index in [1.54, 1.807) is 36.3 Å². The molecule has 1 aromatic carbocycles. The Morgan fingerprint density at radius 2 is 1.83 bits per heavy atom. The van der Waals surface area contributed by atoms with Crippen molar-refractivity contribution in [3.63, 3.8) is 0 Å². The summed E-state index contributed by atoms with van der Waals surface area (Å²) in [6.07, 6.45) is 1.54. The number of aromatic nitrogens is 3. The first-order valence-corrected chi connectivity index (χ1v) is 9.34. The quantitative estimate of drug-likeness (QED) is 0.524. The average Bonchev–Trinajstić information content (AvgIpc) is 3.54. The van der Waals surface area contributed by atoms with Crippen molar-refractivity contribution in [3.8, 4) is 11.5 Å². The zero-order valence-electron chi connectivity index (χ0n) is 15.7. The predicted molar refractivity (Wildman–Crippen MR) is 101 cm³/mol. The minimum Gasteiger partial charge on any atom is -0.461 e. The first kappa shape index (κ1) is 17.4. The molecule has 0 bridgehead atoms. The summed E-state index contributed by atoms with van der Waals surface area (Å²) in [6, 6.07) is 15.2. The van der Waals surface area contributed by atoms with Gasteiger partial charge < -0.3 is 18.4 Å². The number of carbonyl (C=O) groups excluding carboxylic acids is 1. The van der Waals surface area contributed by atoms with Crippen LogP contribution in [0.15, 0.2) is 68.3 Å². The summed E-state index contributed by atoms with van der Waals surface area (Å²) in [5.41, 5.74) is 1.37. The molecule has 1 saturated heterocycles. The normalized spacial score (nSPS) is 19.0. The van der Waals surface area contributed by atoms with Crippen LogP contribution in [0, 0.1) is 6.92 Å². The topological polar surface area (TPSA) is 98.4 Å². The molecule has 8 heteroatoms. The monoisotopic (exact) mass is 390 g/mol. The number of furan rings is 1. The summed E-state index contributed by atoms with van der Waals surface area (Å²) in [4.78, 5) is 19.3. The molecular formula is C21H18N4O4. The largest absolute Gasteiger partial charge is 0.461 e. The van der Waals surface area contributed by atoms with Crippen LogP contribution in [-0.2, 0) is 0 Å². The summed E-state index contributed by atoms with van der Waals surface area (Å²) in [6.45, 7) is 2.77. The van der Waals surface area contributed by atoms with Gasteiger partial charge in [-0.15, -0.1) is 0 Å². The number of likely N-dealkylation sites (tertiary alicyclic amines) is 1. The third kappa shape index (κ3) is 3.22. The van der Waals surface area contributed by atoms with Crippen LogP contribution in [0.1, 0.15) is 39.6 Å². The number of hydrogen-bond donors (Lipinski definition) is 0. The van der Waals surface area contributed by atoms with Crippen LogP contribution in [0.5, 0.6) is 0 Å². The van der Waals surface area contributed by atoms with Gasteiger partial charge in [-0.25, -0.2) is 0 Å². The maximum absolute atomic E-state index is 13.1. The SMILES string of the molecule is Cc1noc(C2CN(C(=O)c3cc(-c4ccco4)on3)CC2c2ccccc2)n1. The highest BCUT2D eigenvalue weighted by molar-refractivity contribution is 5.93. The zero-order chi connectivity index (χ0) is 19.8. The predicted octanol–water partition coefficient (Wildman–Crippen LogP) is 3.65. The summed E-state index contributed by atoms with van der Waals surface area (Å²) in [5.74, 6) is 1.83. The van der Waals surface area contributed by atoms with E-state index in [9.17, 15) is 4.79 Å². The lowest BCUT2D eigenvalue weighted by atomic mass is 9.89. The molecule has 2 unspecified atom stereocenters. The summed E-state index contributed by atoms with van der Waals surface area (Å²) < 4.78 is 16.0. The van der Waals surface area contributed by atoms with E-state index >= 15 is 0 Å². The van der Waals surface area contributed by atoms with Crippen molar-refractivity contribution >= 4 is 5.91 Å². The summed E-state index contributed by atoms with van der Waals surface area (Å²) in [5, 5.41) is 7.86. The highest BCUT2D eigenvalue weighted by Crippen LogP contribution is 2.39. The Kier molecular flexibility index (Phi) is 4.23.